The zero-order valence-electron chi connectivity index (χ0n) is 73.9. The zero-order chi connectivity index (χ0) is 91.3. The molecule has 0 radical (unpaired) electrons. The third-order valence-corrected chi connectivity index (χ3v) is 30.5. The molecule has 20 atom stereocenters. The minimum Gasteiger partial charge on any atom is -0.390 e. The molecule has 6 fully saturated rings. The van der Waals surface area contributed by atoms with Crippen LogP contribution < -0.4 is 27.8 Å². The van der Waals surface area contributed by atoms with Crippen LogP contribution in [-0.4, -0.2) is 352 Å². The van der Waals surface area contributed by atoms with Crippen molar-refractivity contribution in [2.75, 3.05) is 104 Å². The number of nitrogens with one attached hydrogen (secondary N) is 5. The zero-order valence-corrected chi connectivity index (χ0v) is 78.4. The van der Waals surface area contributed by atoms with Crippen LogP contribution in [0.25, 0.3) is 55.8 Å². The fraction of sp³-hybridized carbons (Fsp3) is 0.625. The van der Waals surface area contributed by atoms with E-state index in [4.69, 9.17) is 28.4 Å². The van der Waals surface area contributed by atoms with Crippen molar-refractivity contribution < 1.29 is 68.6 Å². The first-order valence-electron chi connectivity index (χ1n) is 40.9. The normalized spacial score (nSPS) is 30.1. The number of fused-ring (bicyclic) bond motifs is 7. The molecule has 0 spiro atoms. The topological polar surface area (TPSA) is 515 Å². The number of ether oxygens (including phenoxy) is 6. The average molecular weight is 1830 g/mol. The molecule has 0 aliphatic carbocycles. The van der Waals surface area contributed by atoms with Gasteiger partial charge in [-0.15, -0.1) is 65.9 Å². The summed E-state index contributed by atoms with van der Waals surface area (Å²) in [7, 11) is 0. The maximum absolute atomic E-state index is 14.6. The lowest BCUT2D eigenvalue weighted by Crippen LogP contribution is -2.43. The summed E-state index contributed by atoms with van der Waals surface area (Å²) in [5.74, 6) is 2.17. The van der Waals surface area contributed by atoms with E-state index in [1.54, 1.807) is 50.1 Å². The number of alkyl halides is 1. The van der Waals surface area contributed by atoms with Crippen molar-refractivity contribution in [2.45, 2.75) is 209 Å². The summed E-state index contributed by atoms with van der Waals surface area (Å²) in [6, 6.07) is 0. The molecule has 0 aromatic carbocycles. The lowest BCUT2D eigenvalue weighted by Gasteiger charge is -2.32. The molecule has 124 heavy (non-hydrogen) atoms. The van der Waals surface area contributed by atoms with Gasteiger partial charge in [0.1, 0.15) is 82.7 Å². The molecule has 16 heterocycles. The standard InChI is InChI=1S/C17H27N4O3P.C16H23N4O4P.2C16H25N4O4P.C15H22FN4O3P/c1-10-13(22)17(3,7-8-25(4,5)6)24-16(10)21-9-18-12-14(21)19-11(2)20-15(12)23;1-9-18-13-10(14(22)19-9)17-8-20(13)15-11-12(21)16(24-15,7-23-11)5-6-25(2,3)4;2*1-9-18-13-11(14(22)19-9)17-8-20(13)15-16(2,23)12(21)10(24-15)6-7-25(3,4)5;1-8-18-13-11(14(22)19-8)17-7-20(13)15-10(16)12(21)9(23-15)5-6-24(2,3)4/h9-10,13,16,22H,4,7-8H2,1-3,5-6H3,(H,19,20,23);8,11-12,15,21H,2,5-7H2,1,3-4H3,(H,18,19,22);2*8,10,12,15,21,23H,3,6-7H2,1-2,4-5H3,(H,18,19,22);7,9-10,12,15,21H,2,5-6H2,1,3-4H3,(H,18,19,22)/t10-,13+,16-,17-;11-,12+,15-,16+;10-,12-,15-,16+;10-,12-,15-,16-;9-,10-,12-,15-/m11111/s1. The molecule has 0 unspecified atom stereocenters. The van der Waals surface area contributed by atoms with E-state index in [9.17, 15) is 64.1 Å². The van der Waals surface area contributed by atoms with E-state index in [1.165, 1.54) is 52.9 Å². The second-order valence-corrected chi connectivity index (χ2v) is 59.4. The van der Waals surface area contributed by atoms with Gasteiger partial charge in [0.05, 0.1) is 68.3 Å². The lowest BCUT2D eigenvalue weighted by molar-refractivity contribution is -0.172. The van der Waals surface area contributed by atoms with Gasteiger partial charge in [0.15, 0.2) is 86.9 Å². The van der Waals surface area contributed by atoms with Gasteiger partial charge in [-0.3, -0.25) is 46.8 Å². The molecule has 6 saturated heterocycles. The van der Waals surface area contributed by atoms with E-state index in [-0.39, 0.29) is 66.9 Å². The predicted octanol–water partition coefficient (Wildman–Crippen LogP) is 4.56. The number of halogens is 1. The SMILES string of the molecule is C=P(C)(C)CC[C@@]1(C)O[C@@H](n2cnc3c(=O)[nH]c(C)nc32)[C@H](C)[C@@H]1O.C=P(C)(C)CC[C@@]12CO[C@@H]([C@H](n3cnc4c(=O)[nH]c(C)nc43)O1)[C@@H]2O.C=P(C)(C)CC[C@H]1O[C@@H](n2cnc3c(=O)[nH]c(C)nc32)[C@@](C)(O)[C@@H]1O.C=P(C)(C)CC[C@H]1O[C@@H](n2cnc3c(=O)[nH]c(C)nc32)[C@H](F)[C@@H]1O.C=P(C)(C)CC[C@H]1O[C@@H](n2cnc3c(=O)[nH]c(C)nc32)[C@](C)(O)[C@@H]1O. The van der Waals surface area contributed by atoms with E-state index < -0.39 is 149 Å². The second-order valence-electron chi connectivity index (χ2n) is 37.9. The van der Waals surface area contributed by atoms with Crippen molar-refractivity contribution in [1.82, 2.24) is 97.6 Å². The van der Waals surface area contributed by atoms with E-state index in [0.29, 0.717) is 84.0 Å². The minimum atomic E-state index is -1.61. The monoisotopic (exact) mass is 1820 g/mol. The summed E-state index contributed by atoms with van der Waals surface area (Å²) in [5.41, 5.74) is -3.22. The average Bonchev–Trinajstić information content (AvgIpc) is 1.58. The molecular weight excluding hydrogens is 1700 g/mol. The van der Waals surface area contributed by atoms with Crippen molar-refractivity contribution in [3.05, 3.63) is 113 Å². The van der Waals surface area contributed by atoms with Crippen molar-refractivity contribution in [2.24, 2.45) is 5.92 Å². The highest BCUT2D eigenvalue weighted by atomic mass is 31.2. The Balaban J connectivity index is 0.000000141. The first-order valence-corrected chi connectivity index (χ1v) is 56.1. The fourth-order valence-electron chi connectivity index (χ4n) is 16.2. The fourth-order valence-corrected chi connectivity index (χ4v) is 21.1. The van der Waals surface area contributed by atoms with Crippen LogP contribution in [0.4, 0.5) is 4.39 Å². The van der Waals surface area contributed by atoms with E-state index >= 15 is 0 Å². The number of hydrogen-bond donors (Lipinski definition) is 12. The highest BCUT2D eigenvalue weighted by molar-refractivity contribution is 7.73. The number of nitrogens with zero attached hydrogens (tertiary/aromatic N) is 15. The van der Waals surface area contributed by atoms with Crippen molar-refractivity contribution >= 4 is 122 Å². The smallest absolute Gasteiger partial charge is 0.279 e. The number of aliphatic hydroxyl groups is 7. The van der Waals surface area contributed by atoms with Crippen LogP contribution in [0, 0.1) is 40.5 Å². The third-order valence-electron chi connectivity index (χ3n) is 23.3. The van der Waals surface area contributed by atoms with Crippen LogP contribution in [0.3, 0.4) is 0 Å². The van der Waals surface area contributed by atoms with Crippen molar-refractivity contribution in [1.29, 1.82) is 0 Å². The number of aromatic nitrogens is 20. The first kappa shape index (κ1) is 95.8. The van der Waals surface area contributed by atoms with Gasteiger partial charge < -0.3 is 89.1 Å². The van der Waals surface area contributed by atoms with Gasteiger partial charge in [-0.2, -0.15) is 0 Å². The van der Waals surface area contributed by atoms with Gasteiger partial charge in [-0.1, -0.05) is 6.92 Å². The number of rotatable bonds is 20. The highest BCUT2D eigenvalue weighted by Gasteiger charge is 2.62. The van der Waals surface area contributed by atoms with Gasteiger partial charge >= 0.3 is 0 Å². The van der Waals surface area contributed by atoms with Crippen molar-refractivity contribution in [3.63, 3.8) is 0 Å². The summed E-state index contributed by atoms with van der Waals surface area (Å²) >= 11 is 0. The Labute approximate surface area is 715 Å². The predicted molar refractivity (Wildman–Crippen MR) is 489 cm³/mol. The van der Waals surface area contributed by atoms with Gasteiger partial charge in [-0.05, 0) is 185 Å². The van der Waals surface area contributed by atoms with Gasteiger partial charge in [-0.25, -0.2) is 54.2 Å². The molecule has 682 valence electrons. The number of aryl methyl sites for hydroxylation is 5. The maximum Gasteiger partial charge on any atom is 0.279 e. The lowest BCUT2D eigenvalue weighted by atomic mass is 9.90. The first-order chi connectivity index (χ1) is 57.4. The van der Waals surface area contributed by atoms with Gasteiger partial charge in [0.25, 0.3) is 27.8 Å². The number of H-pyrrole nitrogens is 5. The molecule has 10 aromatic rings. The minimum absolute atomic E-state index is 0.124. The van der Waals surface area contributed by atoms with E-state index in [0.717, 1.165) is 37.2 Å². The molecule has 44 heteroatoms. The summed E-state index contributed by atoms with van der Waals surface area (Å²) < 4.78 is 58.6. The summed E-state index contributed by atoms with van der Waals surface area (Å²) in [6.45, 7) is 30.8. The van der Waals surface area contributed by atoms with Crippen LogP contribution in [-0.2, 0) is 28.4 Å². The van der Waals surface area contributed by atoms with Crippen LogP contribution in [0.15, 0.2) is 55.6 Å². The molecule has 16 rings (SSSR count). The molecule has 6 aliphatic heterocycles. The Kier molecular flexibility index (Phi) is 27.5. The Morgan fingerprint density at radius 1 is 0.427 bits per heavy atom. The summed E-state index contributed by atoms with van der Waals surface area (Å²) in [6.07, 6.45) is 23.6. The molecule has 6 aliphatic rings. The van der Waals surface area contributed by atoms with Crippen LogP contribution in [0.1, 0.15) is 120 Å². The molecule has 2 bridgehead atoms. The molecule has 10 aromatic heterocycles. The number of aromatic amines is 5. The van der Waals surface area contributed by atoms with Gasteiger partial charge in [0.2, 0.25) is 0 Å². The largest absolute Gasteiger partial charge is 0.390 e. The molecule has 0 amide bonds. The molecule has 38 nitrogen and oxygen atoms in total. The molecule has 12 N–H and O–H groups in total. The van der Waals surface area contributed by atoms with E-state index in [2.05, 4.69) is 173 Å². The highest BCUT2D eigenvalue weighted by Crippen LogP contribution is 2.52. The quantitative estimate of drug-likeness (QED) is 0.0465. The van der Waals surface area contributed by atoms with Gasteiger partial charge in [0, 0.05) is 5.92 Å². The number of aliphatic hydroxyl groups excluding tert-OH is 5. The Morgan fingerprint density at radius 3 is 1.08 bits per heavy atom. The summed E-state index contributed by atoms with van der Waals surface area (Å²) in [4.78, 5) is 115. The van der Waals surface area contributed by atoms with Crippen molar-refractivity contribution in [3.8, 4) is 0 Å². The van der Waals surface area contributed by atoms with Crippen LogP contribution >= 0.6 is 34.4 Å². The molecular formula is C80H122FN20O18P5. The van der Waals surface area contributed by atoms with Crippen LogP contribution in [0.5, 0.6) is 0 Å². The van der Waals surface area contributed by atoms with Crippen LogP contribution in [0.2, 0.25) is 0 Å². The molecule has 0 saturated carbocycles. The maximum atomic E-state index is 14.6. The number of imidazole rings is 5. The Morgan fingerprint density at radius 2 is 0.734 bits per heavy atom. The Bertz CT molecular complexity index is 5960. The summed E-state index contributed by atoms with van der Waals surface area (Å²) in [5, 5.41) is 74.5. The second kappa shape index (κ2) is 35.6. The third kappa shape index (κ3) is 20.4. The Hall–Kier alpha value is -7.34. The van der Waals surface area contributed by atoms with E-state index in [1.807, 2.05) is 13.8 Å². The number of hydrogen-bond acceptors (Lipinski definition) is 28.